The van der Waals surface area contributed by atoms with Crippen molar-refractivity contribution in [3.05, 3.63) is 0 Å². The SMILES string of the molecule is COC(=O)C1(C)CN(C(=O)O)C1. The highest BCUT2D eigenvalue weighted by Gasteiger charge is 2.48. The van der Waals surface area contributed by atoms with Gasteiger partial charge in [-0.05, 0) is 6.92 Å². The average Bonchev–Trinajstić information content (AvgIpc) is 1.96. The van der Waals surface area contributed by atoms with E-state index in [1.54, 1.807) is 6.92 Å². The number of hydrogen-bond donors (Lipinski definition) is 1. The van der Waals surface area contributed by atoms with Crippen molar-refractivity contribution >= 4 is 12.1 Å². The first-order valence-corrected chi connectivity index (χ1v) is 3.56. The van der Waals surface area contributed by atoms with Crippen molar-refractivity contribution in [1.29, 1.82) is 0 Å². The van der Waals surface area contributed by atoms with Crippen LogP contribution in [0.15, 0.2) is 0 Å². The minimum atomic E-state index is -0.989. The number of nitrogens with zero attached hydrogens (tertiary/aromatic N) is 1. The van der Waals surface area contributed by atoms with Gasteiger partial charge in [-0.1, -0.05) is 0 Å². The fourth-order valence-corrected chi connectivity index (χ4v) is 1.31. The third-order valence-electron chi connectivity index (χ3n) is 2.03. The Bertz CT molecular complexity index is 219. The largest absolute Gasteiger partial charge is 0.468 e. The van der Waals surface area contributed by atoms with Crippen molar-refractivity contribution in [2.45, 2.75) is 6.92 Å². The number of hydrogen-bond acceptors (Lipinski definition) is 3. The minimum Gasteiger partial charge on any atom is -0.468 e. The molecule has 0 atom stereocenters. The maximum absolute atomic E-state index is 11.0. The van der Waals surface area contributed by atoms with E-state index in [4.69, 9.17) is 5.11 Å². The van der Waals surface area contributed by atoms with Gasteiger partial charge in [0.15, 0.2) is 0 Å². The van der Waals surface area contributed by atoms with Crippen LogP contribution in [0.25, 0.3) is 0 Å². The van der Waals surface area contributed by atoms with Gasteiger partial charge in [0.1, 0.15) is 5.41 Å². The lowest BCUT2D eigenvalue weighted by molar-refractivity contribution is -0.160. The number of carbonyl (C=O) groups excluding carboxylic acids is 1. The number of carbonyl (C=O) groups is 2. The van der Waals surface area contributed by atoms with Gasteiger partial charge in [0.05, 0.1) is 7.11 Å². The monoisotopic (exact) mass is 173 g/mol. The summed E-state index contributed by atoms with van der Waals surface area (Å²) in [7, 11) is 1.30. The Morgan fingerprint density at radius 3 is 2.33 bits per heavy atom. The Kier molecular flexibility index (Phi) is 1.95. The first-order valence-electron chi connectivity index (χ1n) is 3.56. The summed E-state index contributed by atoms with van der Waals surface area (Å²) in [6.45, 7) is 2.16. The zero-order valence-corrected chi connectivity index (χ0v) is 7.03. The van der Waals surface area contributed by atoms with E-state index in [2.05, 4.69) is 4.74 Å². The molecule has 1 N–H and O–H groups in total. The van der Waals surface area contributed by atoms with Gasteiger partial charge in [-0.3, -0.25) is 4.79 Å². The lowest BCUT2D eigenvalue weighted by Gasteiger charge is -2.43. The van der Waals surface area contributed by atoms with Gasteiger partial charge in [0.25, 0.3) is 0 Å². The molecular weight excluding hydrogens is 162 g/mol. The molecule has 1 fully saturated rings. The van der Waals surface area contributed by atoms with Crippen LogP contribution in [0.3, 0.4) is 0 Å². The number of likely N-dealkylation sites (tertiary alicyclic amines) is 1. The summed E-state index contributed by atoms with van der Waals surface area (Å²) in [5, 5.41) is 8.49. The van der Waals surface area contributed by atoms with Crippen LogP contribution in [-0.4, -0.2) is 42.3 Å². The minimum absolute atomic E-state index is 0.231. The van der Waals surface area contributed by atoms with Crippen LogP contribution < -0.4 is 0 Å². The molecule has 68 valence electrons. The summed E-state index contributed by atoms with van der Waals surface area (Å²) in [5.41, 5.74) is -0.632. The zero-order valence-electron chi connectivity index (χ0n) is 7.03. The second-order valence-electron chi connectivity index (χ2n) is 3.19. The smallest absolute Gasteiger partial charge is 0.407 e. The highest BCUT2D eigenvalue weighted by molar-refractivity contribution is 5.81. The molecule has 0 aromatic carbocycles. The molecule has 0 unspecified atom stereocenters. The normalized spacial score (nSPS) is 19.7. The number of carboxylic acid groups (broad SMARTS) is 1. The van der Waals surface area contributed by atoms with Crippen molar-refractivity contribution in [2.24, 2.45) is 5.41 Å². The predicted octanol–water partition coefficient (Wildman–Crippen LogP) is 0.159. The van der Waals surface area contributed by atoms with Crippen molar-refractivity contribution < 1.29 is 19.4 Å². The number of rotatable bonds is 1. The lowest BCUT2D eigenvalue weighted by atomic mass is 9.82. The molecule has 0 aromatic rings. The van der Waals surface area contributed by atoms with Crippen molar-refractivity contribution in [3.63, 3.8) is 0 Å². The molecule has 5 heteroatoms. The summed E-state index contributed by atoms with van der Waals surface area (Å²) in [4.78, 5) is 22.6. The molecule has 12 heavy (non-hydrogen) atoms. The zero-order chi connectivity index (χ0) is 9.35. The molecule has 1 aliphatic rings. The first kappa shape index (κ1) is 8.83. The van der Waals surface area contributed by atoms with E-state index >= 15 is 0 Å². The second-order valence-corrected chi connectivity index (χ2v) is 3.19. The van der Waals surface area contributed by atoms with E-state index in [1.165, 1.54) is 12.0 Å². The number of esters is 1. The van der Waals surface area contributed by atoms with Crippen LogP contribution in [0, 0.1) is 5.41 Å². The highest BCUT2D eigenvalue weighted by atomic mass is 16.5. The molecule has 1 heterocycles. The molecule has 1 aliphatic heterocycles. The van der Waals surface area contributed by atoms with Crippen LogP contribution in [0.2, 0.25) is 0 Å². The number of ether oxygens (including phenoxy) is 1. The maximum Gasteiger partial charge on any atom is 0.407 e. The molecule has 0 spiro atoms. The third-order valence-corrected chi connectivity index (χ3v) is 2.03. The van der Waals surface area contributed by atoms with Crippen LogP contribution in [-0.2, 0) is 9.53 Å². The standard InChI is InChI=1S/C7H11NO4/c1-7(5(9)12-2)3-8(4-7)6(10)11/h3-4H2,1-2H3,(H,10,11). The third kappa shape index (κ3) is 1.22. The Balaban J connectivity index is 2.50. The van der Waals surface area contributed by atoms with Gasteiger partial charge in [0.2, 0.25) is 0 Å². The topological polar surface area (TPSA) is 66.8 Å². The van der Waals surface area contributed by atoms with Gasteiger partial charge in [0, 0.05) is 13.1 Å². The van der Waals surface area contributed by atoms with Gasteiger partial charge in [-0.15, -0.1) is 0 Å². The summed E-state index contributed by atoms with van der Waals surface area (Å²) in [6.07, 6.45) is -0.989. The van der Waals surface area contributed by atoms with Gasteiger partial charge in [-0.25, -0.2) is 4.79 Å². The maximum atomic E-state index is 11.0. The molecule has 1 amide bonds. The van der Waals surface area contributed by atoms with Crippen molar-refractivity contribution in [1.82, 2.24) is 4.90 Å². The van der Waals surface area contributed by atoms with Gasteiger partial charge in [-0.2, -0.15) is 0 Å². The van der Waals surface area contributed by atoms with Crippen LogP contribution in [0.1, 0.15) is 6.92 Å². The molecular formula is C7H11NO4. The molecule has 0 bridgehead atoms. The van der Waals surface area contributed by atoms with Crippen molar-refractivity contribution in [2.75, 3.05) is 20.2 Å². The Morgan fingerprint density at radius 1 is 1.50 bits per heavy atom. The van der Waals surface area contributed by atoms with Crippen molar-refractivity contribution in [3.8, 4) is 0 Å². The molecule has 5 nitrogen and oxygen atoms in total. The predicted molar refractivity (Wildman–Crippen MR) is 39.7 cm³/mol. The molecule has 0 aliphatic carbocycles. The molecule has 0 aromatic heterocycles. The summed E-state index contributed by atoms with van der Waals surface area (Å²) < 4.78 is 4.53. The van der Waals surface area contributed by atoms with E-state index in [0.717, 1.165) is 0 Å². The molecule has 0 saturated carbocycles. The molecule has 0 radical (unpaired) electrons. The van der Waals surface area contributed by atoms with E-state index in [0.29, 0.717) is 0 Å². The van der Waals surface area contributed by atoms with Crippen LogP contribution in [0.5, 0.6) is 0 Å². The van der Waals surface area contributed by atoms with E-state index in [-0.39, 0.29) is 19.1 Å². The van der Waals surface area contributed by atoms with Crippen LogP contribution in [0.4, 0.5) is 4.79 Å². The lowest BCUT2D eigenvalue weighted by Crippen LogP contribution is -2.60. The summed E-state index contributed by atoms with van der Waals surface area (Å²) >= 11 is 0. The van der Waals surface area contributed by atoms with Gasteiger partial charge >= 0.3 is 12.1 Å². The quantitative estimate of drug-likeness (QED) is 0.573. The average molecular weight is 173 g/mol. The molecule has 1 rings (SSSR count). The van der Waals surface area contributed by atoms with E-state index in [9.17, 15) is 9.59 Å². The fraction of sp³-hybridized carbons (Fsp3) is 0.714. The van der Waals surface area contributed by atoms with E-state index < -0.39 is 11.5 Å². The van der Waals surface area contributed by atoms with Gasteiger partial charge < -0.3 is 14.7 Å². The fourth-order valence-electron chi connectivity index (χ4n) is 1.31. The van der Waals surface area contributed by atoms with E-state index in [1.807, 2.05) is 0 Å². The molecule has 1 saturated heterocycles. The summed E-state index contributed by atoms with van der Waals surface area (Å²) in [6, 6.07) is 0. The Hall–Kier alpha value is -1.26. The highest BCUT2D eigenvalue weighted by Crippen LogP contribution is 2.30. The first-order chi connectivity index (χ1) is 5.49. The summed E-state index contributed by atoms with van der Waals surface area (Å²) in [5.74, 6) is -0.347. The Labute approximate surface area is 69.9 Å². The number of amides is 1. The second kappa shape index (κ2) is 2.66. The number of methoxy groups -OCH3 is 1. The Morgan fingerprint density at radius 2 is 2.00 bits per heavy atom. The van der Waals surface area contributed by atoms with Crippen LogP contribution >= 0.6 is 0 Å².